The van der Waals surface area contributed by atoms with E-state index in [9.17, 15) is 9.90 Å². The molecule has 6 nitrogen and oxygen atoms in total. The predicted octanol–water partition coefficient (Wildman–Crippen LogP) is 3.57. The molecule has 1 amide bonds. The smallest absolute Gasteiger partial charge is 0.310 e. The average Bonchev–Trinajstić information content (AvgIpc) is 3.34. The number of carbonyl (C=O) groups is 1. The van der Waals surface area contributed by atoms with Crippen molar-refractivity contribution in [3.8, 4) is 5.75 Å². The van der Waals surface area contributed by atoms with Crippen molar-refractivity contribution in [1.29, 1.82) is 0 Å². The van der Waals surface area contributed by atoms with E-state index in [0.717, 1.165) is 5.56 Å². The minimum Gasteiger partial charge on any atom is -0.508 e. The Labute approximate surface area is 137 Å². The molecule has 1 aliphatic heterocycles. The van der Waals surface area contributed by atoms with Crippen molar-refractivity contribution in [2.24, 2.45) is 5.10 Å². The number of nitrogens with zero attached hydrogens (tertiary/aromatic N) is 2. The van der Waals surface area contributed by atoms with Crippen molar-refractivity contribution in [2.45, 2.75) is 12.5 Å². The standard InChI is InChI=1S/C18H14N2O4/c21-13-7-5-12(6-8-13)15-11-14(16-3-1-9-23-16)19-20(15)18(22)17-4-2-10-24-17/h1-10,15,21H,11H2/t15-/m0/s1. The summed E-state index contributed by atoms with van der Waals surface area (Å²) in [6, 6.07) is 13.3. The zero-order valence-corrected chi connectivity index (χ0v) is 12.6. The van der Waals surface area contributed by atoms with Gasteiger partial charge in [-0.1, -0.05) is 12.1 Å². The van der Waals surface area contributed by atoms with Crippen molar-refractivity contribution in [1.82, 2.24) is 5.01 Å². The van der Waals surface area contributed by atoms with E-state index in [-0.39, 0.29) is 23.5 Å². The molecule has 1 atom stereocenters. The molecular weight excluding hydrogens is 308 g/mol. The van der Waals surface area contributed by atoms with Gasteiger partial charge in [0.15, 0.2) is 5.76 Å². The molecule has 1 aliphatic rings. The number of carbonyl (C=O) groups excluding carboxylic acids is 1. The summed E-state index contributed by atoms with van der Waals surface area (Å²) in [4.78, 5) is 12.7. The Kier molecular flexibility index (Phi) is 3.42. The van der Waals surface area contributed by atoms with Crippen LogP contribution in [0, 0.1) is 0 Å². The van der Waals surface area contributed by atoms with Crippen molar-refractivity contribution in [3.05, 3.63) is 78.1 Å². The molecule has 0 fully saturated rings. The van der Waals surface area contributed by atoms with Crippen LogP contribution in [0.2, 0.25) is 0 Å². The Morgan fingerprint density at radius 1 is 1.08 bits per heavy atom. The van der Waals surface area contributed by atoms with E-state index in [1.54, 1.807) is 48.7 Å². The number of phenolic OH excluding ortho intramolecular Hbond substituents is 1. The number of phenols is 1. The van der Waals surface area contributed by atoms with Gasteiger partial charge in [0, 0.05) is 6.42 Å². The maximum absolute atomic E-state index is 12.7. The molecule has 3 heterocycles. The molecule has 0 saturated heterocycles. The van der Waals surface area contributed by atoms with Gasteiger partial charge in [0.1, 0.15) is 17.2 Å². The van der Waals surface area contributed by atoms with Crippen LogP contribution in [0.1, 0.15) is 34.3 Å². The number of aromatic hydroxyl groups is 1. The number of furan rings is 2. The third-order valence-electron chi connectivity index (χ3n) is 3.93. The number of hydrazone groups is 1. The van der Waals surface area contributed by atoms with Crippen LogP contribution in [-0.2, 0) is 0 Å². The van der Waals surface area contributed by atoms with Crippen LogP contribution in [0.5, 0.6) is 5.75 Å². The highest BCUT2D eigenvalue weighted by Crippen LogP contribution is 2.34. The molecule has 3 aromatic rings. The highest BCUT2D eigenvalue weighted by Gasteiger charge is 2.35. The lowest BCUT2D eigenvalue weighted by molar-refractivity contribution is 0.0678. The van der Waals surface area contributed by atoms with E-state index in [4.69, 9.17) is 8.83 Å². The van der Waals surface area contributed by atoms with Gasteiger partial charge < -0.3 is 13.9 Å². The minimum absolute atomic E-state index is 0.174. The Balaban J connectivity index is 1.72. The zero-order chi connectivity index (χ0) is 16.5. The molecule has 1 N–H and O–H groups in total. The summed E-state index contributed by atoms with van der Waals surface area (Å²) < 4.78 is 10.6. The molecule has 1 aromatic carbocycles. The first-order valence-electron chi connectivity index (χ1n) is 7.50. The minimum atomic E-state index is -0.320. The SMILES string of the molecule is O=C(c1ccco1)N1N=C(c2ccco2)C[C@H]1c1ccc(O)cc1. The van der Waals surface area contributed by atoms with Gasteiger partial charge in [-0.3, -0.25) is 4.79 Å². The van der Waals surface area contributed by atoms with Crippen molar-refractivity contribution < 1.29 is 18.7 Å². The fourth-order valence-electron chi connectivity index (χ4n) is 2.76. The summed E-state index contributed by atoms with van der Waals surface area (Å²) in [7, 11) is 0. The third kappa shape index (κ3) is 2.48. The van der Waals surface area contributed by atoms with Crippen LogP contribution in [0.3, 0.4) is 0 Å². The summed E-state index contributed by atoms with van der Waals surface area (Å²) in [5.74, 6) is 0.712. The summed E-state index contributed by atoms with van der Waals surface area (Å²) in [6.07, 6.45) is 3.55. The second kappa shape index (κ2) is 5.73. The number of rotatable bonds is 3. The molecule has 6 heteroatoms. The Bertz CT molecular complexity index is 864. The fraction of sp³-hybridized carbons (Fsp3) is 0.111. The fourth-order valence-corrected chi connectivity index (χ4v) is 2.76. The molecule has 120 valence electrons. The van der Waals surface area contributed by atoms with E-state index in [1.807, 2.05) is 6.07 Å². The van der Waals surface area contributed by atoms with Gasteiger partial charge in [-0.25, -0.2) is 5.01 Å². The topological polar surface area (TPSA) is 79.2 Å². The molecule has 4 rings (SSSR count). The normalized spacial score (nSPS) is 17.1. The zero-order valence-electron chi connectivity index (χ0n) is 12.6. The lowest BCUT2D eigenvalue weighted by atomic mass is 10.0. The number of benzene rings is 1. The van der Waals surface area contributed by atoms with E-state index in [1.165, 1.54) is 11.3 Å². The van der Waals surface area contributed by atoms with Crippen LogP contribution >= 0.6 is 0 Å². The molecule has 24 heavy (non-hydrogen) atoms. The van der Waals surface area contributed by atoms with Gasteiger partial charge in [0.2, 0.25) is 0 Å². The molecule has 0 bridgehead atoms. The first kappa shape index (κ1) is 14.3. The third-order valence-corrected chi connectivity index (χ3v) is 3.93. The van der Waals surface area contributed by atoms with Gasteiger partial charge in [-0.15, -0.1) is 0 Å². The van der Waals surface area contributed by atoms with E-state index in [2.05, 4.69) is 5.10 Å². The van der Waals surface area contributed by atoms with Gasteiger partial charge in [-0.05, 0) is 42.0 Å². The maximum atomic E-state index is 12.7. The lowest BCUT2D eigenvalue weighted by Crippen LogP contribution is -2.26. The average molecular weight is 322 g/mol. The molecule has 0 aliphatic carbocycles. The highest BCUT2D eigenvalue weighted by atomic mass is 16.3. The van der Waals surface area contributed by atoms with Gasteiger partial charge in [0.05, 0.1) is 18.6 Å². The van der Waals surface area contributed by atoms with Crippen molar-refractivity contribution in [2.75, 3.05) is 0 Å². The van der Waals surface area contributed by atoms with Crippen LogP contribution in [-0.4, -0.2) is 21.7 Å². The first-order chi connectivity index (χ1) is 11.7. The molecule has 0 saturated carbocycles. The first-order valence-corrected chi connectivity index (χ1v) is 7.50. The monoisotopic (exact) mass is 322 g/mol. The van der Waals surface area contributed by atoms with Gasteiger partial charge >= 0.3 is 5.91 Å². The summed E-state index contributed by atoms with van der Waals surface area (Å²) >= 11 is 0. The molecule has 2 aromatic heterocycles. The molecule has 0 spiro atoms. The van der Waals surface area contributed by atoms with Crippen LogP contribution in [0.15, 0.2) is 75.0 Å². The summed E-state index contributed by atoms with van der Waals surface area (Å²) in [6.45, 7) is 0. The van der Waals surface area contributed by atoms with E-state index >= 15 is 0 Å². The van der Waals surface area contributed by atoms with Crippen LogP contribution in [0.25, 0.3) is 0 Å². The highest BCUT2D eigenvalue weighted by molar-refractivity contribution is 6.02. The van der Waals surface area contributed by atoms with E-state index < -0.39 is 0 Å². The maximum Gasteiger partial charge on any atom is 0.310 e. The molecular formula is C18H14N2O4. The van der Waals surface area contributed by atoms with Gasteiger partial charge in [-0.2, -0.15) is 5.10 Å². The predicted molar refractivity (Wildman–Crippen MR) is 85.6 cm³/mol. The summed E-state index contributed by atoms with van der Waals surface area (Å²) in [5, 5.41) is 15.3. The lowest BCUT2D eigenvalue weighted by Gasteiger charge is -2.21. The Hall–Kier alpha value is -3.28. The van der Waals surface area contributed by atoms with Crippen LogP contribution in [0.4, 0.5) is 0 Å². The molecule has 0 unspecified atom stereocenters. The largest absolute Gasteiger partial charge is 0.508 e. The number of hydrogen-bond donors (Lipinski definition) is 1. The second-order valence-electron chi connectivity index (χ2n) is 5.46. The van der Waals surface area contributed by atoms with Crippen molar-refractivity contribution >= 4 is 11.6 Å². The number of amides is 1. The van der Waals surface area contributed by atoms with Gasteiger partial charge in [0.25, 0.3) is 0 Å². The Morgan fingerprint density at radius 2 is 1.83 bits per heavy atom. The second-order valence-corrected chi connectivity index (χ2v) is 5.46. The van der Waals surface area contributed by atoms with Crippen molar-refractivity contribution in [3.63, 3.8) is 0 Å². The van der Waals surface area contributed by atoms with Crippen LogP contribution < -0.4 is 0 Å². The molecule has 0 radical (unpaired) electrons. The van der Waals surface area contributed by atoms with E-state index in [0.29, 0.717) is 17.9 Å². The quantitative estimate of drug-likeness (QED) is 0.799. The number of hydrogen-bond acceptors (Lipinski definition) is 5. The summed E-state index contributed by atoms with van der Waals surface area (Å²) in [5.41, 5.74) is 1.57. The Morgan fingerprint density at radius 3 is 2.50 bits per heavy atom.